The number of nitrogens with zero attached hydrogens (tertiary/aromatic N) is 2. The molecule has 0 fully saturated rings. The van der Waals surface area contributed by atoms with Crippen molar-refractivity contribution in [1.29, 1.82) is 0 Å². The number of ether oxygens (including phenoxy) is 1. The Hall–Kier alpha value is -1.58. The third kappa shape index (κ3) is 4.99. The van der Waals surface area contributed by atoms with E-state index in [1.807, 2.05) is 0 Å². The van der Waals surface area contributed by atoms with Gasteiger partial charge in [0.25, 0.3) is 0 Å². The third-order valence-corrected chi connectivity index (χ3v) is 4.51. The van der Waals surface area contributed by atoms with E-state index in [0.29, 0.717) is 6.20 Å². The molecule has 2 rings (SSSR count). The molecule has 0 atom stereocenters. The van der Waals surface area contributed by atoms with Gasteiger partial charge in [-0.15, -0.1) is 0 Å². The molecular weight excluding hydrogens is 421 g/mol. The van der Waals surface area contributed by atoms with Crippen LogP contribution in [0, 0.1) is 0 Å². The van der Waals surface area contributed by atoms with Gasteiger partial charge in [0.2, 0.25) is 5.95 Å². The second kappa shape index (κ2) is 7.58. The van der Waals surface area contributed by atoms with Gasteiger partial charge in [-0.1, -0.05) is 29.3 Å². The molecule has 0 aliphatic carbocycles. The van der Waals surface area contributed by atoms with Crippen molar-refractivity contribution < 1.29 is 32.3 Å². The molecule has 1 aromatic carbocycles. The van der Waals surface area contributed by atoms with Crippen LogP contribution >= 0.6 is 30.8 Å². The van der Waals surface area contributed by atoms with Crippen molar-refractivity contribution >= 4 is 42.4 Å². The lowest BCUT2D eigenvalue weighted by atomic mass is 10.2. The molecule has 142 valence electrons. The number of aromatic nitrogens is 2. The number of alkyl halides is 3. The zero-order chi connectivity index (χ0) is 19.7. The molecule has 7 nitrogen and oxygen atoms in total. The monoisotopic (exact) mass is 431 g/mol. The quantitative estimate of drug-likeness (QED) is 0.480. The fraction of sp³-hybridized carbons (Fsp3) is 0.231. The summed E-state index contributed by atoms with van der Waals surface area (Å²) in [4.78, 5) is 25.2. The minimum atomic E-state index is -4.69. The van der Waals surface area contributed by atoms with E-state index < -0.39 is 30.7 Å². The zero-order valence-electron chi connectivity index (χ0n) is 12.9. The summed E-state index contributed by atoms with van der Waals surface area (Å²) in [5, 5.41) is 1.73. The standard InChI is InChI=1S/C13H11Cl2F3N3O4P/c1-25-10-8(3-2-6(9(10)14)5-26(22,23)24)20-12-19-4-7(11(15)21-12)13(16,17)18/h2-4H,5H2,1H3,(H,19,20,21)(H2,22,23,24). The summed E-state index contributed by atoms with van der Waals surface area (Å²) >= 11 is 11.6. The number of hydrogen-bond acceptors (Lipinski definition) is 5. The number of methoxy groups -OCH3 is 1. The van der Waals surface area contributed by atoms with E-state index in [-0.39, 0.29) is 28.0 Å². The van der Waals surface area contributed by atoms with Crippen LogP contribution in [0.1, 0.15) is 11.1 Å². The van der Waals surface area contributed by atoms with Crippen LogP contribution in [0.25, 0.3) is 0 Å². The normalized spacial score (nSPS) is 12.2. The Morgan fingerprint density at radius 1 is 1.31 bits per heavy atom. The molecule has 0 aliphatic rings. The Bertz CT molecular complexity index is 876. The average molecular weight is 432 g/mol. The number of rotatable bonds is 5. The first kappa shape index (κ1) is 20.7. The van der Waals surface area contributed by atoms with Gasteiger partial charge in [0.05, 0.1) is 24.0 Å². The van der Waals surface area contributed by atoms with Gasteiger partial charge in [-0.25, -0.2) is 9.97 Å². The first-order valence-corrected chi connectivity index (χ1v) is 9.24. The van der Waals surface area contributed by atoms with Gasteiger partial charge in [-0.3, -0.25) is 4.57 Å². The molecule has 0 unspecified atom stereocenters. The molecule has 0 aliphatic heterocycles. The third-order valence-electron chi connectivity index (χ3n) is 3.05. The van der Waals surface area contributed by atoms with Gasteiger partial charge in [0, 0.05) is 6.20 Å². The summed E-state index contributed by atoms with van der Waals surface area (Å²) in [5.41, 5.74) is -0.886. The van der Waals surface area contributed by atoms with E-state index in [4.69, 9.17) is 37.7 Å². The van der Waals surface area contributed by atoms with E-state index in [9.17, 15) is 17.7 Å². The second-order valence-corrected chi connectivity index (χ2v) is 7.34. The number of nitrogens with one attached hydrogen (secondary N) is 1. The van der Waals surface area contributed by atoms with Crippen LogP contribution in [0.3, 0.4) is 0 Å². The molecule has 26 heavy (non-hydrogen) atoms. The fourth-order valence-electron chi connectivity index (χ4n) is 1.97. The van der Waals surface area contributed by atoms with Crippen LogP contribution in [0.5, 0.6) is 5.75 Å². The number of anilines is 2. The van der Waals surface area contributed by atoms with Crippen molar-refractivity contribution in [2.75, 3.05) is 12.4 Å². The van der Waals surface area contributed by atoms with Crippen LogP contribution in [0.2, 0.25) is 10.2 Å². The Kier molecular flexibility index (Phi) is 6.04. The van der Waals surface area contributed by atoms with Gasteiger partial charge in [-0.05, 0) is 11.6 Å². The van der Waals surface area contributed by atoms with Crippen LogP contribution in [-0.2, 0) is 16.9 Å². The molecule has 0 saturated carbocycles. The number of benzene rings is 1. The van der Waals surface area contributed by atoms with Crippen LogP contribution in [-0.4, -0.2) is 26.9 Å². The summed E-state index contributed by atoms with van der Waals surface area (Å²) < 4.78 is 54.2. The predicted molar refractivity (Wildman–Crippen MR) is 89.1 cm³/mol. The molecule has 3 N–H and O–H groups in total. The molecule has 1 aromatic heterocycles. The minimum Gasteiger partial charge on any atom is -0.493 e. The van der Waals surface area contributed by atoms with Gasteiger partial charge < -0.3 is 19.8 Å². The zero-order valence-corrected chi connectivity index (χ0v) is 15.3. The van der Waals surface area contributed by atoms with Crippen LogP contribution < -0.4 is 10.1 Å². The Balaban J connectivity index is 2.37. The van der Waals surface area contributed by atoms with E-state index in [1.54, 1.807) is 0 Å². The van der Waals surface area contributed by atoms with Crippen molar-refractivity contribution in [3.63, 3.8) is 0 Å². The van der Waals surface area contributed by atoms with Crippen molar-refractivity contribution in [3.8, 4) is 5.75 Å². The highest BCUT2D eigenvalue weighted by atomic mass is 35.5. The Morgan fingerprint density at radius 3 is 2.46 bits per heavy atom. The van der Waals surface area contributed by atoms with Crippen LogP contribution in [0.4, 0.5) is 24.8 Å². The van der Waals surface area contributed by atoms with Crippen molar-refractivity contribution in [3.05, 3.63) is 39.6 Å². The van der Waals surface area contributed by atoms with Gasteiger partial charge in [-0.2, -0.15) is 13.2 Å². The Morgan fingerprint density at radius 2 is 1.96 bits per heavy atom. The first-order chi connectivity index (χ1) is 11.9. The molecule has 0 radical (unpaired) electrons. The summed E-state index contributed by atoms with van der Waals surface area (Å²) in [7, 11) is -3.11. The van der Waals surface area contributed by atoms with Gasteiger partial charge in [0.15, 0.2) is 5.75 Å². The molecule has 2 aromatic rings. The largest absolute Gasteiger partial charge is 0.493 e. The highest BCUT2D eigenvalue weighted by Gasteiger charge is 2.34. The predicted octanol–water partition coefficient (Wildman–Crippen LogP) is 4.23. The lowest BCUT2D eigenvalue weighted by Crippen LogP contribution is -2.09. The lowest BCUT2D eigenvalue weighted by molar-refractivity contribution is -0.137. The smallest absolute Gasteiger partial charge is 0.420 e. The molecule has 1 heterocycles. The maximum absolute atomic E-state index is 12.7. The SMILES string of the molecule is COc1c(Nc2ncc(C(F)(F)F)c(Cl)n2)ccc(CP(=O)(O)O)c1Cl. The first-order valence-electron chi connectivity index (χ1n) is 6.69. The highest BCUT2D eigenvalue weighted by molar-refractivity contribution is 7.50. The summed E-state index contributed by atoms with van der Waals surface area (Å²) in [6.45, 7) is 0. The van der Waals surface area contributed by atoms with Crippen molar-refractivity contribution in [2.24, 2.45) is 0 Å². The molecule has 0 bridgehead atoms. The van der Waals surface area contributed by atoms with Crippen molar-refractivity contribution in [2.45, 2.75) is 12.3 Å². The molecule has 13 heteroatoms. The van der Waals surface area contributed by atoms with E-state index in [0.717, 1.165) is 0 Å². The number of halogens is 5. The van der Waals surface area contributed by atoms with Crippen molar-refractivity contribution in [1.82, 2.24) is 9.97 Å². The molecule has 0 amide bonds. The van der Waals surface area contributed by atoms with Gasteiger partial charge >= 0.3 is 13.8 Å². The van der Waals surface area contributed by atoms with E-state index >= 15 is 0 Å². The maximum atomic E-state index is 12.7. The maximum Gasteiger partial charge on any atom is 0.420 e. The second-order valence-electron chi connectivity index (χ2n) is 4.96. The summed E-state index contributed by atoms with van der Waals surface area (Å²) in [6, 6.07) is 2.70. The summed E-state index contributed by atoms with van der Waals surface area (Å²) in [6.07, 6.45) is -4.78. The molecular formula is C13H11Cl2F3N3O4P. The lowest BCUT2D eigenvalue weighted by Gasteiger charge is -2.15. The van der Waals surface area contributed by atoms with E-state index in [2.05, 4.69) is 15.3 Å². The number of hydrogen-bond donors (Lipinski definition) is 3. The average Bonchev–Trinajstić information content (AvgIpc) is 2.48. The van der Waals surface area contributed by atoms with Crippen LogP contribution in [0.15, 0.2) is 18.3 Å². The molecule has 0 saturated heterocycles. The Labute approximate surface area is 155 Å². The highest BCUT2D eigenvalue weighted by Crippen LogP contribution is 2.45. The van der Waals surface area contributed by atoms with Gasteiger partial charge in [0.1, 0.15) is 10.7 Å². The molecule has 0 spiro atoms. The minimum absolute atomic E-state index is 0.0113. The fourth-order valence-corrected chi connectivity index (χ4v) is 3.32. The van der Waals surface area contributed by atoms with E-state index in [1.165, 1.54) is 19.2 Å². The topological polar surface area (TPSA) is 105 Å². The summed E-state index contributed by atoms with van der Waals surface area (Å²) in [5.74, 6) is -0.239.